The van der Waals surface area contributed by atoms with Crippen molar-refractivity contribution in [2.24, 2.45) is 0 Å². The van der Waals surface area contributed by atoms with Gasteiger partial charge in [0, 0.05) is 9.81 Å². The van der Waals surface area contributed by atoms with E-state index in [9.17, 15) is 0 Å². The fourth-order valence-corrected chi connectivity index (χ4v) is 8.62. The van der Waals surface area contributed by atoms with Crippen molar-refractivity contribution in [3.63, 3.8) is 0 Å². The first-order valence-electron chi connectivity index (χ1n) is 10.5. The molecule has 2 heterocycles. The van der Waals surface area contributed by atoms with E-state index < -0.39 is 0 Å². The first kappa shape index (κ1) is 17.9. The summed E-state index contributed by atoms with van der Waals surface area (Å²) in [5, 5.41) is 0. The van der Waals surface area contributed by atoms with Crippen molar-refractivity contribution in [3.8, 4) is 0 Å². The van der Waals surface area contributed by atoms with Crippen LogP contribution in [-0.2, 0) is 0 Å². The molecule has 2 unspecified atom stereocenters. The zero-order valence-corrected chi connectivity index (χ0v) is 18.5. The van der Waals surface area contributed by atoms with Gasteiger partial charge < -0.3 is 0 Å². The molecule has 2 aromatic carbocycles. The van der Waals surface area contributed by atoms with Crippen LogP contribution in [-0.4, -0.2) is 9.49 Å². The molecule has 2 atom stereocenters. The summed E-state index contributed by atoms with van der Waals surface area (Å²) < 4.78 is 0.128. The van der Waals surface area contributed by atoms with Gasteiger partial charge in [-0.1, -0.05) is 60.7 Å². The van der Waals surface area contributed by atoms with Gasteiger partial charge >= 0.3 is 0 Å². The highest BCUT2D eigenvalue weighted by Gasteiger charge is 2.59. The van der Waals surface area contributed by atoms with Gasteiger partial charge in [-0.2, -0.15) is 0 Å². The molecule has 1 fully saturated rings. The molecule has 0 saturated heterocycles. The van der Waals surface area contributed by atoms with E-state index in [1.54, 1.807) is 22.3 Å². The van der Waals surface area contributed by atoms with Gasteiger partial charge in [-0.25, -0.2) is 0 Å². The number of thioether (sulfide) groups is 2. The Morgan fingerprint density at radius 1 is 0.621 bits per heavy atom. The molecule has 0 amide bonds. The molecular formula is C27H24S2. The van der Waals surface area contributed by atoms with Crippen LogP contribution in [0.4, 0.5) is 0 Å². The average Bonchev–Trinajstić information content (AvgIpc) is 3.45. The Morgan fingerprint density at radius 2 is 1.03 bits per heavy atom. The van der Waals surface area contributed by atoms with Gasteiger partial charge in [0.25, 0.3) is 0 Å². The van der Waals surface area contributed by atoms with Gasteiger partial charge in [-0.05, 0) is 78.7 Å². The van der Waals surface area contributed by atoms with Crippen molar-refractivity contribution in [1.82, 2.24) is 0 Å². The molecule has 144 valence electrons. The number of allylic oxidation sites excluding steroid dienone is 4. The molecule has 4 aliphatic rings. The van der Waals surface area contributed by atoms with Gasteiger partial charge in [-0.15, -0.1) is 23.5 Å². The van der Waals surface area contributed by atoms with E-state index in [0.717, 1.165) is 0 Å². The maximum absolute atomic E-state index is 2.52. The Labute approximate surface area is 181 Å². The number of rotatable bonds is 2. The summed E-state index contributed by atoms with van der Waals surface area (Å²) in [6.07, 6.45) is 8.80. The normalized spacial score (nSPS) is 30.1. The molecule has 0 N–H and O–H groups in total. The molecule has 0 aromatic heterocycles. The Kier molecular flexibility index (Phi) is 3.89. The average molecular weight is 413 g/mol. The minimum absolute atomic E-state index is 0.0639. The Bertz CT molecular complexity index is 1040. The second kappa shape index (κ2) is 6.30. The van der Waals surface area contributed by atoms with Crippen LogP contribution in [0.5, 0.6) is 0 Å². The van der Waals surface area contributed by atoms with Crippen LogP contribution >= 0.6 is 23.5 Å². The van der Waals surface area contributed by atoms with Gasteiger partial charge in [0.1, 0.15) is 0 Å². The van der Waals surface area contributed by atoms with Crippen molar-refractivity contribution in [3.05, 3.63) is 106 Å². The van der Waals surface area contributed by atoms with E-state index in [1.807, 2.05) is 0 Å². The van der Waals surface area contributed by atoms with Gasteiger partial charge in [-0.3, -0.25) is 0 Å². The van der Waals surface area contributed by atoms with Gasteiger partial charge in [0.15, 0.2) is 0 Å². The smallest absolute Gasteiger partial charge is 0.0618 e. The number of benzene rings is 2. The van der Waals surface area contributed by atoms with Crippen molar-refractivity contribution in [2.45, 2.75) is 42.6 Å². The maximum atomic E-state index is 2.52. The van der Waals surface area contributed by atoms with E-state index in [4.69, 9.17) is 0 Å². The highest BCUT2D eigenvalue weighted by molar-refractivity contribution is 8.14. The molecule has 2 heteroatoms. The lowest BCUT2D eigenvalue weighted by Gasteiger charge is -2.47. The standard InChI is InChI=1S/C27H24S2/c1-26-22(16-24(28-26)18-10-5-3-6-11-18)20-14-9-15-21(20)23-17-25(29-27(23,26)2)19-12-7-4-8-13-19/h3-8,10-13,16-17H,9,14-15H2,1-2H3. The first-order chi connectivity index (χ1) is 14.1. The molecule has 0 radical (unpaired) electrons. The molecule has 2 aromatic rings. The van der Waals surface area contributed by atoms with Crippen molar-refractivity contribution >= 4 is 33.3 Å². The lowest BCUT2D eigenvalue weighted by Crippen LogP contribution is -2.47. The molecule has 29 heavy (non-hydrogen) atoms. The minimum atomic E-state index is 0.0639. The summed E-state index contributed by atoms with van der Waals surface area (Å²) in [5.41, 5.74) is 9.18. The molecule has 0 bridgehead atoms. The molecule has 0 nitrogen and oxygen atoms in total. The molecule has 2 aliphatic heterocycles. The number of hydrogen-bond donors (Lipinski definition) is 0. The summed E-state index contributed by atoms with van der Waals surface area (Å²) in [4.78, 5) is 2.86. The fourth-order valence-electron chi connectivity index (χ4n) is 5.43. The molecule has 2 aliphatic carbocycles. The molecule has 6 rings (SSSR count). The minimum Gasteiger partial charge on any atom is -0.112 e. The first-order valence-corrected chi connectivity index (χ1v) is 12.1. The Balaban J connectivity index is 1.52. The predicted molar refractivity (Wildman–Crippen MR) is 129 cm³/mol. The van der Waals surface area contributed by atoms with Crippen LogP contribution in [0.2, 0.25) is 0 Å². The molecule has 1 saturated carbocycles. The lowest BCUT2D eigenvalue weighted by molar-refractivity contribution is 0.607. The van der Waals surface area contributed by atoms with E-state index in [1.165, 1.54) is 40.2 Å². The van der Waals surface area contributed by atoms with Gasteiger partial charge in [0.05, 0.1) is 9.49 Å². The van der Waals surface area contributed by atoms with E-state index in [-0.39, 0.29) is 9.49 Å². The monoisotopic (exact) mass is 412 g/mol. The summed E-state index contributed by atoms with van der Waals surface area (Å²) >= 11 is 4.17. The fraction of sp³-hybridized carbons (Fsp3) is 0.259. The van der Waals surface area contributed by atoms with Crippen LogP contribution in [0.1, 0.15) is 44.2 Å². The largest absolute Gasteiger partial charge is 0.112 e. The highest BCUT2D eigenvalue weighted by Crippen LogP contribution is 2.70. The summed E-state index contributed by atoms with van der Waals surface area (Å²) in [6.45, 7) is 4.99. The van der Waals surface area contributed by atoms with E-state index in [0.29, 0.717) is 0 Å². The third-order valence-corrected chi connectivity index (χ3v) is 10.5. The van der Waals surface area contributed by atoms with E-state index in [2.05, 4.69) is 110 Å². The quantitative estimate of drug-likeness (QED) is 0.492. The van der Waals surface area contributed by atoms with Crippen LogP contribution in [0.25, 0.3) is 9.81 Å². The second-order valence-corrected chi connectivity index (χ2v) is 11.6. The third kappa shape index (κ3) is 2.42. The molecular weight excluding hydrogens is 388 g/mol. The maximum Gasteiger partial charge on any atom is 0.0618 e. The van der Waals surface area contributed by atoms with Crippen molar-refractivity contribution < 1.29 is 0 Å². The van der Waals surface area contributed by atoms with E-state index >= 15 is 0 Å². The molecule has 0 spiro atoms. The van der Waals surface area contributed by atoms with Crippen LogP contribution in [0, 0.1) is 0 Å². The lowest BCUT2D eigenvalue weighted by atomic mass is 9.72. The third-order valence-electron chi connectivity index (χ3n) is 7.10. The summed E-state index contributed by atoms with van der Waals surface area (Å²) in [7, 11) is 0. The van der Waals surface area contributed by atoms with Crippen molar-refractivity contribution in [1.29, 1.82) is 0 Å². The highest BCUT2D eigenvalue weighted by atomic mass is 32.2. The zero-order valence-electron chi connectivity index (χ0n) is 16.9. The SMILES string of the molecule is CC12SC(c3ccccc3)=CC1=C1CCCC1=C1C=C(c3ccccc3)SC12C. The summed E-state index contributed by atoms with van der Waals surface area (Å²) in [6, 6.07) is 21.9. The number of hydrogen-bond acceptors (Lipinski definition) is 2. The Hall–Kier alpha value is -1.90. The predicted octanol–water partition coefficient (Wildman–Crippen LogP) is 7.87. The van der Waals surface area contributed by atoms with Crippen molar-refractivity contribution in [2.75, 3.05) is 0 Å². The van der Waals surface area contributed by atoms with Crippen LogP contribution in [0.15, 0.2) is 95.1 Å². The second-order valence-electron chi connectivity index (χ2n) is 8.66. The summed E-state index contributed by atoms with van der Waals surface area (Å²) in [5.74, 6) is 0. The van der Waals surface area contributed by atoms with Crippen LogP contribution < -0.4 is 0 Å². The topological polar surface area (TPSA) is 0 Å². The Morgan fingerprint density at radius 3 is 1.45 bits per heavy atom. The number of fused-ring (bicyclic) bond motifs is 4. The van der Waals surface area contributed by atoms with Crippen LogP contribution in [0.3, 0.4) is 0 Å². The van der Waals surface area contributed by atoms with Gasteiger partial charge in [0.2, 0.25) is 0 Å². The zero-order chi connectivity index (χ0) is 19.6.